The average molecular weight is 232 g/mol. The van der Waals surface area contributed by atoms with Crippen LogP contribution >= 0.6 is 11.8 Å². The topological polar surface area (TPSA) is 83.8 Å². The molecule has 1 aliphatic heterocycles. The number of nitrogen functional groups attached to an aromatic ring is 1. The van der Waals surface area contributed by atoms with Crippen molar-refractivity contribution in [1.29, 1.82) is 0 Å². The van der Waals surface area contributed by atoms with Crippen LogP contribution in [0.1, 0.15) is 0 Å². The van der Waals surface area contributed by atoms with Gasteiger partial charge in [0.25, 0.3) is 5.56 Å². The van der Waals surface area contributed by atoms with Crippen LogP contribution in [-0.2, 0) is 0 Å². The van der Waals surface area contributed by atoms with Gasteiger partial charge in [-0.05, 0) is 18.2 Å². The van der Waals surface area contributed by atoms with Crippen molar-refractivity contribution in [3.05, 3.63) is 34.7 Å². The van der Waals surface area contributed by atoms with Crippen LogP contribution in [0.2, 0.25) is 0 Å². The Kier molecular flexibility index (Phi) is 1.90. The van der Waals surface area contributed by atoms with Crippen LogP contribution in [0.4, 0.5) is 17.1 Å². The maximum atomic E-state index is 11.5. The minimum absolute atomic E-state index is 0.183. The van der Waals surface area contributed by atoms with Crippen molar-refractivity contribution in [2.45, 2.75) is 9.79 Å². The van der Waals surface area contributed by atoms with E-state index < -0.39 is 0 Å². The van der Waals surface area contributed by atoms with E-state index >= 15 is 0 Å². The molecule has 16 heavy (non-hydrogen) atoms. The molecule has 2 heterocycles. The molecule has 0 saturated carbocycles. The molecule has 1 aromatic heterocycles. The van der Waals surface area contributed by atoms with Gasteiger partial charge in [0.05, 0.1) is 17.6 Å². The summed E-state index contributed by atoms with van der Waals surface area (Å²) in [5.41, 5.74) is 7.83. The molecule has 0 fully saturated rings. The Hall–Kier alpha value is -1.95. The summed E-state index contributed by atoms with van der Waals surface area (Å²) in [5, 5.41) is 9.30. The molecule has 80 valence electrons. The van der Waals surface area contributed by atoms with E-state index in [0.29, 0.717) is 16.3 Å². The maximum Gasteiger partial charge on any atom is 0.280 e. The monoisotopic (exact) mass is 232 g/mol. The standard InChI is InChI=1S/C10H8N4OS/c11-5-1-2-8-6(3-5)13-7-4-12-14-10(15)9(7)16-8/h1-4,13H,11H2,(H,14,15). The predicted octanol–water partition coefficient (Wildman–Crippen LogP) is 1.56. The number of hydrogen-bond donors (Lipinski definition) is 3. The van der Waals surface area contributed by atoms with E-state index in [9.17, 15) is 4.79 Å². The number of aromatic nitrogens is 2. The van der Waals surface area contributed by atoms with Gasteiger partial charge in [0.15, 0.2) is 0 Å². The summed E-state index contributed by atoms with van der Waals surface area (Å²) < 4.78 is 0. The molecule has 0 amide bonds. The number of rotatable bonds is 0. The minimum Gasteiger partial charge on any atom is -0.399 e. The second-order valence-electron chi connectivity index (χ2n) is 3.42. The smallest absolute Gasteiger partial charge is 0.280 e. The molecule has 2 aromatic rings. The summed E-state index contributed by atoms with van der Waals surface area (Å²) in [7, 11) is 0. The van der Waals surface area contributed by atoms with Crippen LogP contribution in [0.3, 0.4) is 0 Å². The molecule has 1 aliphatic rings. The normalized spacial score (nSPS) is 12.5. The van der Waals surface area contributed by atoms with Crippen LogP contribution in [0.15, 0.2) is 39.0 Å². The third kappa shape index (κ3) is 1.35. The summed E-state index contributed by atoms with van der Waals surface area (Å²) in [4.78, 5) is 13.2. The molecule has 0 radical (unpaired) electrons. The number of nitrogens with one attached hydrogen (secondary N) is 2. The lowest BCUT2D eigenvalue weighted by Crippen LogP contribution is -2.14. The summed E-state index contributed by atoms with van der Waals surface area (Å²) >= 11 is 1.42. The summed E-state index contributed by atoms with van der Waals surface area (Å²) in [6.45, 7) is 0. The van der Waals surface area contributed by atoms with E-state index in [4.69, 9.17) is 5.73 Å². The van der Waals surface area contributed by atoms with Gasteiger partial charge >= 0.3 is 0 Å². The Balaban J connectivity index is 2.17. The average Bonchev–Trinajstić information content (AvgIpc) is 2.27. The van der Waals surface area contributed by atoms with Crippen LogP contribution in [0.5, 0.6) is 0 Å². The second kappa shape index (κ2) is 3.28. The number of aromatic amines is 1. The molecule has 6 heteroatoms. The summed E-state index contributed by atoms with van der Waals surface area (Å²) in [6.07, 6.45) is 1.59. The molecular weight excluding hydrogens is 224 g/mol. The number of hydrogen-bond acceptors (Lipinski definition) is 5. The van der Waals surface area contributed by atoms with Gasteiger partial charge in [0.2, 0.25) is 0 Å². The van der Waals surface area contributed by atoms with Crippen molar-refractivity contribution in [3.63, 3.8) is 0 Å². The molecule has 1 aromatic carbocycles. The lowest BCUT2D eigenvalue weighted by Gasteiger charge is -2.19. The first-order valence-corrected chi connectivity index (χ1v) is 5.48. The molecule has 0 atom stereocenters. The first-order chi connectivity index (χ1) is 7.74. The number of benzene rings is 1. The van der Waals surface area contributed by atoms with E-state index in [2.05, 4.69) is 15.5 Å². The summed E-state index contributed by atoms with van der Waals surface area (Å²) in [5.74, 6) is 0. The maximum absolute atomic E-state index is 11.5. The van der Waals surface area contributed by atoms with Gasteiger partial charge in [0.1, 0.15) is 4.90 Å². The van der Waals surface area contributed by atoms with Gasteiger partial charge in [0, 0.05) is 10.6 Å². The van der Waals surface area contributed by atoms with Gasteiger partial charge < -0.3 is 11.1 Å². The first kappa shape index (κ1) is 9.29. The zero-order valence-corrected chi connectivity index (χ0v) is 8.97. The Morgan fingerprint density at radius 1 is 1.31 bits per heavy atom. The van der Waals surface area contributed by atoms with Gasteiger partial charge in [-0.3, -0.25) is 4.79 Å². The zero-order chi connectivity index (χ0) is 11.1. The minimum atomic E-state index is -0.183. The van der Waals surface area contributed by atoms with Gasteiger partial charge in [-0.1, -0.05) is 11.8 Å². The third-order valence-corrected chi connectivity index (χ3v) is 3.48. The lowest BCUT2D eigenvalue weighted by atomic mass is 10.2. The molecule has 0 bridgehead atoms. The van der Waals surface area contributed by atoms with E-state index in [1.54, 1.807) is 6.20 Å². The third-order valence-electron chi connectivity index (χ3n) is 2.30. The number of anilines is 3. The molecule has 0 saturated heterocycles. The fourth-order valence-electron chi connectivity index (χ4n) is 1.57. The largest absolute Gasteiger partial charge is 0.399 e. The fraction of sp³-hybridized carbons (Fsp3) is 0. The molecular formula is C10H8N4OS. The van der Waals surface area contributed by atoms with Crippen molar-refractivity contribution in [1.82, 2.24) is 10.2 Å². The van der Waals surface area contributed by atoms with Gasteiger partial charge in [-0.25, -0.2) is 5.10 Å². The number of nitrogens with two attached hydrogens (primary N) is 1. The van der Waals surface area contributed by atoms with Crippen LogP contribution < -0.4 is 16.6 Å². The SMILES string of the molecule is Nc1ccc2c(c1)Nc1cn[nH]c(=O)c1S2. The number of fused-ring (bicyclic) bond motifs is 2. The van der Waals surface area contributed by atoms with Gasteiger partial charge in [-0.15, -0.1) is 0 Å². The van der Waals surface area contributed by atoms with E-state index in [1.807, 2.05) is 18.2 Å². The fourth-order valence-corrected chi connectivity index (χ4v) is 2.49. The highest BCUT2D eigenvalue weighted by molar-refractivity contribution is 7.99. The summed E-state index contributed by atoms with van der Waals surface area (Å²) in [6, 6.07) is 5.55. The van der Waals surface area contributed by atoms with Crippen molar-refractivity contribution in [2.75, 3.05) is 11.1 Å². The van der Waals surface area contributed by atoms with Crippen molar-refractivity contribution in [2.24, 2.45) is 0 Å². The molecule has 5 nitrogen and oxygen atoms in total. The highest BCUT2D eigenvalue weighted by atomic mass is 32.2. The Bertz CT molecular complexity index is 622. The van der Waals surface area contributed by atoms with Crippen molar-refractivity contribution >= 4 is 28.8 Å². The van der Waals surface area contributed by atoms with Gasteiger partial charge in [-0.2, -0.15) is 5.10 Å². The molecule has 0 unspecified atom stereocenters. The van der Waals surface area contributed by atoms with Crippen LogP contribution in [0.25, 0.3) is 0 Å². The van der Waals surface area contributed by atoms with Crippen molar-refractivity contribution < 1.29 is 0 Å². The van der Waals surface area contributed by atoms with E-state index in [1.165, 1.54) is 11.8 Å². The van der Waals surface area contributed by atoms with Crippen LogP contribution in [0, 0.1) is 0 Å². The Morgan fingerprint density at radius 2 is 2.19 bits per heavy atom. The first-order valence-electron chi connectivity index (χ1n) is 4.66. The Labute approximate surface area is 95.1 Å². The van der Waals surface area contributed by atoms with Crippen LogP contribution in [-0.4, -0.2) is 10.2 Å². The molecule has 3 rings (SSSR count). The highest BCUT2D eigenvalue weighted by Crippen LogP contribution is 2.42. The second-order valence-corrected chi connectivity index (χ2v) is 4.48. The zero-order valence-electron chi connectivity index (χ0n) is 8.15. The molecule has 4 N–H and O–H groups in total. The quantitative estimate of drug-likeness (QED) is 0.512. The lowest BCUT2D eigenvalue weighted by molar-refractivity contribution is 0.947. The Morgan fingerprint density at radius 3 is 3.06 bits per heavy atom. The molecule has 0 spiro atoms. The van der Waals surface area contributed by atoms with E-state index in [0.717, 1.165) is 10.6 Å². The highest BCUT2D eigenvalue weighted by Gasteiger charge is 2.18. The predicted molar refractivity (Wildman–Crippen MR) is 63.1 cm³/mol. The van der Waals surface area contributed by atoms with Crippen molar-refractivity contribution in [3.8, 4) is 0 Å². The molecule has 0 aliphatic carbocycles. The number of nitrogens with zero attached hydrogens (tertiary/aromatic N) is 1. The number of H-pyrrole nitrogens is 1. The van der Waals surface area contributed by atoms with E-state index in [-0.39, 0.29) is 5.56 Å².